The Morgan fingerprint density at radius 1 is 1.00 bits per heavy atom. The Labute approximate surface area is 142 Å². The molecule has 1 aliphatic heterocycles. The largest absolute Gasteiger partial charge is 0.361 e. The van der Waals surface area contributed by atoms with E-state index < -0.39 is 0 Å². The maximum Gasteiger partial charge on any atom is 0.151 e. The molecule has 1 aromatic heterocycles. The summed E-state index contributed by atoms with van der Waals surface area (Å²) in [7, 11) is 3.93. The first-order valence-corrected chi connectivity index (χ1v) is 8.13. The fraction of sp³-hybridized carbons (Fsp3) is 0.389. The highest BCUT2D eigenvalue weighted by molar-refractivity contribution is 5.44. The van der Waals surface area contributed by atoms with Crippen LogP contribution >= 0.6 is 0 Å². The van der Waals surface area contributed by atoms with Gasteiger partial charge in [0, 0.05) is 46.8 Å². The average molecular weight is 322 g/mol. The second-order valence-corrected chi connectivity index (χ2v) is 6.22. The minimum Gasteiger partial charge on any atom is -0.361 e. The summed E-state index contributed by atoms with van der Waals surface area (Å²) < 4.78 is 0. The van der Waals surface area contributed by atoms with Gasteiger partial charge in [-0.25, -0.2) is 0 Å². The van der Waals surface area contributed by atoms with Gasteiger partial charge in [0.1, 0.15) is 0 Å². The molecule has 3 rings (SSSR count). The Kier molecular flexibility index (Phi) is 4.92. The van der Waals surface area contributed by atoms with Crippen LogP contribution in [0, 0.1) is 11.3 Å². The number of anilines is 2. The van der Waals surface area contributed by atoms with Crippen molar-refractivity contribution in [2.24, 2.45) is 0 Å². The van der Waals surface area contributed by atoms with Gasteiger partial charge in [0.15, 0.2) is 11.6 Å². The number of aromatic nitrogens is 2. The Morgan fingerprint density at radius 3 is 2.25 bits per heavy atom. The number of nitriles is 1. The van der Waals surface area contributed by atoms with Gasteiger partial charge < -0.3 is 9.80 Å². The molecule has 0 N–H and O–H groups in total. The van der Waals surface area contributed by atoms with Crippen LogP contribution in [-0.4, -0.2) is 55.4 Å². The summed E-state index contributed by atoms with van der Waals surface area (Å²) in [6, 6.07) is 14.0. The third kappa shape index (κ3) is 3.81. The predicted octanol–water partition coefficient (Wildman–Crippen LogP) is 1.74. The van der Waals surface area contributed by atoms with Crippen molar-refractivity contribution in [2.45, 2.75) is 6.54 Å². The fourth-order valence-electron chi connectivity index (χ4n) is 2.80. The summed E-state index contributed by atoms with van der Waals surface area (Å²) in [5.74, 6) is 1.82. The first kappa shape index (κ1) is 16.2. The molecular weight excluding hydrogens is 300 g/mol. The molecule has 0 amide bonds. The molecule has 0 aliphatic carbocycles. The smallest absolute Gasteiger partial charge is 0.151 e. The molecular formula is C18H22N6. The van der Waals surface area contributed by atoms with Crippen LogP contribution in [0.2, 0.25) is 0 Å². The zero-order chi connectivity index (χ0) is 16.9. The maximum absolute atomic E-state index is 8.86. The van der Waals surface area contributed by atoms with Gasteiger partial charge in [-0.2, -0.15) is 5.26 Å². The van der Waals surface area contributed by atoms with Crippen molar-refractivity contribution in [3.8, 4) is 6.07 Å². The van der Waals surface area contributed by atoms with Crippen molar-refractivity contribution in [2.75, 3.05) is 50.1 Å². The second-order valence-electron chi connectivity index (χ2n) is 6.22. The molecule has 1 saturated heterocycles. The van der Waals surface area contributed by atoms with E-state index in [9.17, 15) is 0 Å². The van der Waals surface area contributed by atoms with Gasteiger partial charge in [-0.05, 0) is 29.8 Å². The Balaban J connectivity index is 1.54. The molecule has 1 aromatic carbocycles. The van der Waals surface area contributed by atoms with Gasteiger partial charge in [0.25, 0.3) is 0 Å². The standard InChI is InChI=1S/C18H22N6/c1-22(2)17-7-8-18(21-20-17)24-11-9-23(10-12-24)14-16-5-3-15(13-19)4-6-16/h3-8H,9-12,14H2,1-2H3. The summed E-state index contributed by atoms with van der Waals surface area (Å²) in [4.78, 5) is 6.66. The van der Waals surface area contributed by atoms with Gasteiger partial charge in [-0.15, -0.1) is 10.2 Å². The van der Waals surface area contributed by atoms with E-state index in [2.05, 4.69) is 26.1 Å². The molecule has 0 spiro atoms. The number of hydrogen-bond acceptors (Lipinski definition) is 6. The molecule has 0 unspecified atom stereocenters. The number of piperazine rings is 1. The average Bonchev–Trinajstić information content (AvgIpc) is 2.63. The molecule has 0 saturated carbocycles. The van der Waals surface area contributed by atoms with Gasteiger partial charge in [0.2, 0.25) is 0 Å². The molecule has 1 aliphatic rings. The van der Waals surface area contributed by atoms with Crippen molar-refractivity contribution in [3.63, 3.8) is 0 Å². The van der Waals surface area contributed by atoms with Gasteiger partial charge in [-0.1, -0.05) is 12.1 Å². The van der Waals surface area contributed by atoms with Crippen LogP contribution < -0.4 is 9.80 Å². The van der Waals surface area contributed by atoms with E-state index >= 15 is 0 Å². The summed E-state index contributed by atoms with van der Waals surface area (Å²) in [5, 5.41) is 17.4. The van der Waals surface area contributed by atoms with E-state index in [0.29, 0.717) is 5.56 Å². The minimum absolute atomic E-state index is 0.711. The number of rotatable bonds is 4. The van der Waals surface area contributed by atoms with Crippen LogP contribution in [0.25, 0.3) is 0 Å². The van der Waals surface area contributed by atoms with E-state index in [1.54, 1.807) is 0 Å². The van der Waals surface area contributed by atoms with E-state index in [1.165, 1.54) is 5.56 Å². The van der Waals surface area contributed by atoms with E-state index in [0.717, 1.165) is 44.4 Å². The van der Waals surface area contributed by atoms with E-state index in [4.69, 9.17) is 5.26 Å². The minimum atomic E-state index is 0.711. The lowest BCUT2D eigenvalue weighted by atomic mass is 10.1. The van der Waals surface area contributed by atoms with Gasteiger partial charge in [-0.3, -0.25) is 4.90 Å². The molecule has 2 aromatic rings. The van der Waals surface area contributed by atoms with Crippen LogP contribution in [0.3, 0.4) is 0 Å². The van der Waals surface area contributed by atoms with Crippen LogP contribution in [0.5, 0.6) is 0 Å². The summed E-state index contributed by atoms with van der Waals surface area (Å²) in [5.41, 5.74) is 1.96. The van der Waals surface area contributed by atoms with E-state index in [-0.39, 0.29) is 0 Å². The van der Waals surface area contributed by atoms with Crippen molar-refractivity contribution < 1.29 is 0 Å². The van der Waals surface area contributed by atoms with Crippen molar-refractivity contribution in [1.82, 2.24) is 15.1 Å². The monoisotopic (exact) mass is 322 g/mol. The van der Waals surface area contributed by atoms with Gasteiger partial charge in [0.05, 0.1) is 11.6 Å². The molecule has 0 atom stereocenters. The van der Waals surface area contributed by atoms with Crippen LogP contribution in [0.15, 0.2) is 36.4 Å². The topological polar surface area (TPSA) is 59.3 Å². The zero-order valence-corrected chi connectivity index (χ0v) is 14.2. The van der Waals surface area contributed by atoms with Crippen molar-refractivity contribution in [1.29, 1.82) is 5.26 Å². The highest BCUT2D eigenvalue weighted by Gasteiger charge is 2.18. The third-order valence-corrected chi connectivity index (χ3v) is 4.28. The lowest BCUT2D eigenvalue weighted by Gasteiger charge is -2.35. The third-order valence-electron chi connectivity index (χ3n) is 4.28. The zero-order valence-electron chi connectivity index (χ0n) is 14.2. The van der Waals surface area contributed by atoms with E-state index in [1.807, 2.05) is 55.4 Å². The molecule has 0 radical (unpaired) electrons. The molecule has 1 fully saturated rings. The number of nitrogens with zero attached hydrogens (tertiary/aromatic N) is 6. The molecule has 6 nitrogen and oxygen atoms in total. The van der Waals surface area contributed by atoms with Crippen molar-refractivity contribution in [3.05, 3.63) is 47.5 Å². The quantitative estimate of drug-likeness (QED) is 0.854. The molecule has 2 heterocycles. The molecule has 0 bridgehead atoms. The molecule has 6 heteroatoms. The fourth-order valence-corrected chi connectivity index (χ4v) is 2.80. The molecule has 24 heavy (non-hydrogen) atoms. The lowest BCUT2D eigenvalue weighted by molar-refractivity contribution is 0.249. The predicted molar refractivity (Wildman–Crippen MR) is 95.0 cm³/mol. The summed E-state index contributed by atoms with van der Waals surface area (Å²) in [6.07, 6.45) is 0. The Morgan fingerprint density at radius 2 is 1.71 bits per heavy atom. The number of hydrogen-bond donors (Lipinski definition) is 0. The van der Waals surface area contributed by atoms with Crippen LogP contribution in [0.1, 0.15) is 11.1 Å². The Hall–Kier alpha value is -2.65. The highest BCUT2D eigenvalue weighted by atomic mass is 15.3. The first-order chi connectivity index (χ1) is 11.7. The lowest BCUT2D eigenvalue weighted by Crippen LogP contribution is -2.46. The second kappa shape index (κ2) is 7.28. The summed E-state index contributed by atoms with van der Waals surface area (Å²) in [6.45, 7) is 4.82. The first-order valence-electron chi connectivity index (χ1n) is 8.13. The normalized spacial score (nSPS) is 15.1. The van der Waals surface area contributed by atoms with Crippen molar-refractivity contribution >= 4 is 11.6 Å². The maximum atomic E-state index is 8.86. The number of benzene rings is 1. The summed E-state index contributed by atoms with van der Waals surface area (Å²) >= 11 is 0. The molecule has 124 valence electrons. The van der Waals surface area contributed by atoms with Gasteiger partial charge >= 0.3 is 0 Å². The van der Waals surface area contributed by atoms with Crippen LogP contribution in [0.4, 0.5) is 11.6 Å². The SMILES string of the molecule is CN(C)c1ccc(N2CCN(Cc3ccc(C#N)cc3)CC2)nn1. The highest BCUT2D eigenvalue weighted by Crippen LogP contribution is 2.16. The Bertz CT molecular complexity index is 694. The van der Waals surface area contributed by atoms with Crippen LogP contribution in [-0.2, 0) is 6.54 Å².